The van der Waals surface area contributed by atoms with Crippen molar-refractivity contribution in [1.82, 2.24) is 4.90 Å². The van der Waals surface area contributed by atoms with E-state index < -0.39 is 0 Å². The van der Waals surface area contributed by atoms with Crippen LogP contribution in [0.15, 0.2) is 11.6 Å². The maximum Gasteiger partial charge on any atom is 0.0166 e. The molecule has 0 aromatic carbocycles. The Labute approximate surface area is 125 Å². The highest BCUT2D eigenvalue weighted by molar-refractivity contribution is 5.14. The van der Waals surface area contributed by atoms with E-state index in [4.69, 9.17) is 5.73 Å². The van der Waals surface area contributed by atoms with Crippen LogP contribution >= 0.6 is 0 Å². The maximum atomic E-state index is 6.10. The van der Waals surface area contributed by atoms with Crippen LogP contribution in [0.25, 0.3) is 0 Å². The van der Waals surface area contributed by atoms with Crippen molar-refractivity contribution in [2.75, 3.05) is 26.2 Å². The quantitative estimate of drug-likeness (QED) is 0.789. The summed E-state index contributed by atoms with van der Waals surface area (Å²) < 4.78 is 0. The van der Waals surface area contributed by atoms with Crippen LogP contribution in [-0.4, -0.2) is 31.1 Å². The van der Waals surface area contributed by atoms with Gasteiger partial charge in [0.15, 0.2) is 0 Å². The Morgan fingerprint density at radius 1 is 1.20 bits per heavy atom. The summed E-state index contributed by atoms with van der Waals surface area (Å²) in [5.74, 6) is 0. The fourth-order valence-corrected chi connectivity index (χ4v) is 3.85. The second kappa shape index (κ2) is 6.62. The third-order valence-corrected chi connectivity index (χ3v) is 5.56. The van der Waals surface area contributed by atoms with Gasteiger partial charge in [-0.25, -0.2) is 0 Å². The van der Waals surface area contributed by atoms with Crippen LogP contribution in [0.5, 0.6) is 0 Å². The summed E-state index contributed by atoms with van der Waals surface area (Å²) in [7, 11) is 0. The van der Waals surface area contributed by atoms with Crippen molar-refractivity contribution in [3.05, 3.63) is 11.6 Å². The van der Waals surface area contributed by atoms with Crippen LogP contribution < -0.4 is 5.73 Å². The van der Waals surface area contributed by atoms with E-state index in [1.54, 1.807) is 5.57 Å². The summed E-state index contributed by atoms with van der Waals surface area (Å²) in [6, 6.07) is 0. The summed E-state index contributed by atoms with van der Waals surface area (Å²) in [4.78, 5) is 2.63. The van der Waals surface area contributed by atoms with Crippen LogP contribution in [0.4, 0.5) is 0 Å². The van der Waals surface area contributed by atoms with Gasteiger partial charge in [-0.2, -0.15) is 0 Å². The van der Waals surface area contributed by atoms with Crippen molar-refractivity contribution >= 4 is 0 Å². The number of rotatable bonds is 4. The van der Waals surface area contributed by atoms with Gasteiger partial charge in [0.1, 0.15) is 0 Å². The van der Waals surface area contributed by atoms with Gasteiger partial charge in [0.2, 0.25) is 0 Å². The number of nitrogens with zero attached hydrogens (tertiary/aromatic N) is 1. The maximum absolute atomic E-state index is 6.10. The largest absolute Gasteiger partial charge is 0.330 e. The van der Waals surface area contributed by atoms with Gasteiger partial charge in [0, 0.05) is 13.1 Å². The molecular weight excluding hydrogens is 244 g/mol. The highest BCUT2D eigenvalue weighted by Gasteiger charge is 2.31. The minimum atomic E-state index is 0.355. The van der Waals surface area contributed by atoms with Crippen LogP contribution in [0.1, 0.15) is 65.7 Å². The molecule has 1 saturated carbocycles. The molecule has 0 saturated heterocycles. The molecule has 116 valence electrons. The molecule has 2 N–H and O–H groups in total. The average molecular weight is 278 g/mol. The van der Waals surface area contributed by atoms with Gasteiger partial charge in [0.05, 0.1) is 0 Å². The molecular formula is C18H34N2. The topological polar surface area (TPSA) is 29.3 Å². The van der Waals surface area contributed by atoms with E-state index in [1.165, 1.54) is 58.0 Å². The third kappa shape index (κ3) is 4.08. The molecule has 0 bridgehead atoms. The molecule has 1 heterocycles. The Kier molecular flexibility index (Phi) is 5.30. The third-order valence-electron chi connectivity index (χ3n) is 5.56. The highest BCUT2D eigenvalue weighted by atomic mass is 15.1. The number of hydrogen-bond donors (Lipinski definition) is 1. The molecule has 0 aromatic rings. The highest BCUT2D eigenvalue weighted by Crippen LogP contribution is 2.38. The monoisotopic (exact) mass is 278 g/mol. The molecule has 0 aromatic heterocycles. The van der Waals surface area contributed by atoms with Gasteiger partial charge < -0.3 is 5.73 Å². The minimum absolute atomic E-state index is 0.355. The zero-order valence-corrected chi connectivity index (χ0v) is 13.9. The zero-order valence-electron chi connectivity index (χ0n) is 13.9. The van der Waals surface area contributed by atoms with Gasteiger partial charge in [-0.1, -0.05) is 51.7 Å². The fourth-order valence-electron chi connectivity index (χ4n) is 3.85. The number of hydrogen-bond acceptors (Lipinski definition) is 2. The Balaban J connectivity index is 1.82. The van der Waals surface area contributed by atoms with Crippen molar-refractivity contribution < 1.29 is 0 Å². The summed E-state index contributed by atoms with van der Waals surface area (Å²) in [6.45, 7) is 11.5. The summed E-state index contributed by atoms with van der Waals surface area (Å²) >= 11 is 0. The summed E-state index contributed by atoms with van der Waals surface area (Å²) in [5.41, 5.74) is 8.56. The molecule has 0 radical (unpaired) electrons. The standard InChI is InChI=1S/C18H34N2/c1-17(2,3)16-7-12-20(13-8-16)14-11-18(15-19)9-5-4-6-10-18/h7H,4-6,8-15,19H2,1-3H3. The molecule has 2 nitrogen and oxygen atoms in total. The van der Waals surface area contributed by atoms with Gasteiger partial charge in [-0.3, -0.25) is 4.90 Å². The van der Waals surface area contributed by atoms with Crippen molar-refractivity contribution in [2.24, 2.45) is 16.6 Å². The second-order valence-corrected chi connectivity index (χ2v) is 8.04. The van der Waals surface area contributed by atoms with E-state index in [0.717, 1.165) is 13.1 Å². The molecule has 1 fully saturated rings. The lowest BCUT2D eigenvalue weighted by Gasteiger charge is -2.39. The second-order valence-electron chi connectivity index (χ2n) is 8.04. The molecule has 2 rings (SSSR count). The van der Waals surface area contributed by atoms with Gasteiger partial charge >= 0.3 is 0 Å². The SMILES string of the molecule is CC(C)(C)C1=CCN(CCC2(CN)CCCCC2)CC1. The van der Waals surface area contributed by atoms with E-state index in [1.807, 2.05) is 0 Å². The first-order chi connectivity index (χ1) is 9.45. The molecule has 0 spiro atoms. The van der Waals surface area contributed by atoms with E-state index in [2.05, 4.69) is 31.7 Å². The lowest BCUT2D eigenvalue weighted by molar-refractivity contribution is 0.148. The van der Waals surface area contributed by atoms with Crippen molar-refractivity contribution in [3.8, 4) is 0 Å². The van der Waals surface area contributed by atoms with E-state index in [9.17, 15) is 0 Å². The molecule has 0 amide bonds. The van der Waals surface area contributed by atoms with Gasteiger partial charge in [0.25, 0.3) is 0 Å². The van der Waals surface area contributed by atoms with Crippen molar-refractivity contribution in [3.63, 3.8) is 0 Å². The zero-order chi connectivity index (χ0) is 14.6. The van der Waals surface area contributed by atoms with Crippen LogP contribution in [0.3, 0.4) is 0 Å². The van der Waals surface area contributed by atoms with E-state index in [0.29, 0.717) is 10.8 Å². The van der Waals surface area contributed by atoms with Crippen molar-refractivity contribution in [2.45, 2.75) is 65.7 Å². The average Bonchev–Trinajstić information content (AvgIpc) is 2.46. The fraction of sp³-hybridized carbons (Fsp3) is 0.889. The Morgan fingerprint density at radius 2 is 1.90 bits per heavy atom. The molecule has 2 heteroatoms. The van der Waals surface area contributed by atoms with E-state index >= 15 is 0 Å². The molecule has 2 aliphatic rings. The minimum Gasteiger partial charge on any atom is -0.330 e. The summed E-state index contributed by atoms with van der Waals surface area (Å²) in [6.07, 6.45) is 12.0. The molecule has 0 atom stereocenters. The van der Waals surface area contributed by atoms with Crippen LogP contribution in [0, 0.1) is 10.8 Å². The lowest BCUT2D eigenvalue weighted by atomic mass is 9.71. The Morgan fingerprint density at radius 3 is 2.40 bits per heavy atom. The normalized spacial score (nSPS) is 24.5. The van der Waals surface area contributed by atoms with Gasteiger partial charge in [-0.15, -0.1) is 0 Å². The lowest BCUT2D eigenvalue weighted by Crippen LogP contribution is -2.39. The number of nitrogens with two attached hydrogens (primary N) is 1. The van der Waals surface area contributed by atoms with Crippen LogP contribution in [0.2, 0.25) is 0 Å². The Hall–Kier alpha value is -0.340. The smallest absolute Gasteiger partial charge is 0.0166 e. The first-order valence-corrected chi connectivity index (χ1v) is 8.57. The van der Waals surface area contributed by atoms with Crippen molar-refractivity contribution in [1.29, 1.82) is 0 Å². The predicted octanol–water partition coefficient (Wildman–Crippen LogP) is 3.96. The molecule has 20 heavy (non-hydrogen) atoms. The van der Waals surface area contributed by atoms with E-state index in [-0.39, 0.29) is 0 Å². The predicted molar refractivity (Wildman–Crippen MR) is 87.8 cm³/mol. The first kappa shape index (κ1) is 16.0. The summed E-state index contributed by atoms with van der Waals surface area (Å²) in [5, 5.41) is 0. The first-order valence-electron chi connectivity index (χ1n) is 8.57. The van der Waals surface area contributed by atoms with Crippen LogP contribution in [-0.2, 0) is 0 Å². The van der Waals surface area contributed by atoms with Gasteiger partial charge in [-0.05, 0) is 49.6 Å². The molecule has 1 aliphatic heterocycles. The molecule has 1 aliphatic carbocycles. The Bertz CT molecular complexity index is 332. The molecule has 0 unspecified atom stereocenters.